The van der Waals surface area contributed by atoms with Crippen molar-refractivity contribution in [2.75, 3.05) is 0 Å². The zero-order chi connectivity index (χ0) is 11.9. The third kappa shape index (κ3) is 1.76. The maximum Gasteiger partial charge on any atom is 0.356 e. The Morgan fingerprint density at radius 2 is 2.12 bits per heavy atom. The summed E-state index contributed by atoms with van der Waals surface area (Å²) in [6.45, 7) is 6.20. The summed E-state index contributed by atoms with van der Waals surface area (Å²) >= 11 is 0. The van der Waals surface area contributed by atoms with Gasteiger partial charge in [0.05, 0.1) is 0 Å². The largest absolute Gasteiger partial charge is 0.476 e. The number of carboxylic acid groups (broad SMARTS) is 1. The Labute approximate surface area is 92.7 Å². The Hall–Kier alpha value is -1.91. The van der Waals surface area contributed by atoms with E-state index in [0.717, 1.165) is 5.56 Å². The molecular weight excluding hydrogens is 206 g/mol. The predicted molar refractivity (Wildman–Crippen MR) is 58.6 cm³/mol. The van der Waals surface area contributed by atoms with Crippen molar-refractivity contribution in [3.63, 3.8) is 0 Å². The van der Waals surface area contributed by atoms with Gasteiger partial charge >= 0.3 is 5.97 Å². The molecule has 16 heavy (non-hydrogen) atoms. The second kappa shape index (κ2) is 3.30. The number of aromatic nitrogens is 3. The lowest BCUT2D eigenvalue weighted by Gasteiger charge is -2.17. The molecule has 0 spiro atoms. The lowest BCUT2D eigenvalue weighted by atomic mass is 9.89. The zero-order valence-corrected chi connectivity index (χ0v) is 9.43. The molecule has 2 aromatic heterocycles. The second-order valence-corrected chi connectivity index (χ2v) is 4.73. The topological polar surface area (TPSA) is 67.5 Å². The minimum Gasteiger partial charge on any atom is -0.476 e. The van der Waals surface area contributed by atoms with Crippen LogP contribution in [0.4, 0.5) is 0 Å². The van der Waals surface area contributed by atoms with Gasteiger partial charge in [-0.1, -0.05) is 20.8 Å². The van der Waals surface area contributed by atoms with Crippen LogP contribution in [0.1, 0.15) is 36.8 Å². The molecule has 0 bridgehead atoms. The summed E-state index contributed by atoms with van der Waals surface area (Å²) in [4.78, 5) is 14.9. The molecule has 0 unspecified atom stereocenters. The highest BCUT2D eigenvalue weighted by molar-refractivity contribution is 5.86. The highest BCUT2D eigenvalue weighted by Gasteiger charge is 2.16. The first-order valence-electron chi connectivity index (χ1n) is 4.97. The highest BCUT2D eigenvalue weighted by atomic mass is 16.4. The number of nitrogens with zero attached hydrogens (tertiary/aromatic N) is 3. The summed E-state index contributed by atoms with van der Waals surface area (Å²) < 4.78 is 1.50. The molecule has 2 heterocycles. The molecular formula is C11H13N3O2. The van der Waals surface area contributed by atoms with Crippen molar-refractivity contribution in [1.29, 1.82) is 0 Å². The molecule has 0 aliphatic rings. The van der Waals surface area contributed by atoms with Gasteiger partial charge in [0.1, 0.15) is 0 Å². The quantitative estimate of drug-likeness (QED) is 0.793. The minimum absolute atomic E-state index is 0.0126. The van der Waals surface area contributed by atoms with E-state index in [4.69, 9.17) is 5.11 Å². The first kappa shape index (κ1) is 10.6. The zero-order valence-electron chi connectivity index (χ0n) is 9.43. The van der Waals surface area contributed by atoms with Crippen molar-refractivity contribution in [2.45, 2.75) is 26.2 Å². The van der Waals surface area contributed by atoms with Crippen molar-refractivity contribution >= 4 is 11.6 Å². The van der Waals surface area contributed by atoms with Gasteiger partial charge < -0.3 is 5.11 Å². The first-order valence-corrected chi connectivity index (χ1v) is 4.97. The molecule has 5 heteroatoms. The average Bonchev–Trinajstić information content (AvgIpc) is 2.58. The standard InChI is InChI=1S/C11H13N3O2/c1-11(2,3)7-5-12-9-4-8(10(15)16)13-14(9)6-7/h4-6H,1-3H3,(H,15,16). The van der Waals surface area contributed by atoms with E-state index in [-0.39, 0.29) is 11.1 Å². The van der Waals surface area contributed by atoms with Gasteiger partial charge in [-0.05, 0) is 11.0 Å². The van der Waals surface area contributed by atoms with Crippen molar-refractivity contribution in [2.24, 2.45) is 0 Å². The number of rotatable bonds is 1. The fraction of sp³-hybridized carbons (Fsp3) is 0.364. The van der Waals surface area contributed by atoms with Crippen molar-refractivity contribution in [3.05, 3.63) is 29.7 Å². The maximum atomic E-state index is 10.7. The second-order valence-electron chi connectivity index (χ2n) is 4.73. The highest BCUT2D eigenvalue weighted by Crippen LogP contribution is 2.21. The van der Waals surface area contributed by atoms with Crippen LogP contribution in [0.2, 0.25) is 0 Å². The molecule has 2 rings (SSSR count). The number of carboxylic acids is 1. The van der Waals surface area contributed by atoms with E-state index in [0.29, 0.717) is 5.65 Å². The predicted octanol–water partition coefficient (Wildman–Crippen LogP) is 1.72. The third-order valence-corrected chi connectivity index (χ3v) is 2.40. The molecule has 0 amide bonds. The summed E-state index contributed by atoms with van der Waals surface area (Å²) in [5, 5.41) is 12.8. The lowest BCUT2D eigenvalue weighted by molar-refractivity contribution is 0.0690. The number of hydrogen-bond donors (Lipinski definition) is 1. The smallest absolute Gasteiger partial charge is 0.356 e. The van der Waals surface area contributed by atoms with Crippen molar-refractivity contribution in [1.82, 2.24) is 14.6 Å². The normalized spacial score (nSPS) is 11.9. The number of hydrogen-bond acceptors (Lipinski definition) is 3. The van der Waals surface area contributed by atoms with Gasteiger partial charge in [-0.15, -0.1) is 0 Å². The summed E-state index contributed by atoms with van der Waals surface area (Å²) in [6, 6.07) is 1.45. The van der Waals surface area contributed by atoms with Crippen LogP contribution in [-0.4, -0.2) is 25.7 Å². The van der Waals surface area contributed by atoms with E-state index in [9.17, 15) is 4.79 Å². The van der Waals surface area contributed by atoms with E-state index >= 15 is 0 Å². The van der Waals surface area contributed by atoms with Gasteiger partial charge in [0.15, 0.2) is 11.3 Å². The van der Waals surface area contributed by atoms with Gasteiger partial charge in [-0.3, -0.25) is 0 Å². The van der Waals surface area contributed by atoms with Gasteiger partial charge in [-0.25, -0.2) is 14.3 Å². The van der Waals surface area contributed by atoms with Crippen LogP contribution in [-0.2, 0) is 5.41 Å². The summed E-state index contributed by atoms with van der Waals surface area (Å²) in [5.74, 6) is -1.04. The summed E-state index contributed by atoms with van der Waals surface area (Å²) in [5.41, 5.74) is 1.54. The van der Waals surface area contributed by atoms with Crippen LogP contribution < -0.4 is 0 Å². The fourth-order valence-electron chi connectivity index (χ4n) is 1.37. The van der Waals surface area contributed by atoms with Gasteiger partial charge in [0.2, 0.25) is 0 Å². The Kier molecular flexibility index (Phi) is 2.18. The van der Waals surface area contributed by atoms with Crippen LogP contribution in [0.15, 0.2) is 18.5 Å². The molecule has 5 nitrogen and oxygen atoms in total. The van der Waals surface area contributed by atoms with Crippen LogP contribution in [0.3, 0.4) is 0 Å². The molecule has 0 aliphatic heterocycles. The first-order chi connectivity index (χ1) is 7.38. The van der Waals surface area contributed by atoms with Gasteiger partial charge in [0, 0.05) is 18.5 Å². The number of aromatic carboxylic acids is 1. The van der Waals surface area contributed by atoms with E-state index < -0.39 is 5.97 Å². The summed E-state index contributed by atoms with van der Waals surface area (Å²) in [6.07, 6.45) is 3.57. The monoisotopic (exact) mass is 219 g/mol. The van der Waals surface area contributed by atoms with E-state index in [1.54, 1.807) is 6.20 Å². The van der Waals surface area contributed by atoms with Crippen LogP contribution >= 0.6 is 0 Å². The fourth-order valence-corrected chi connectivity index (χ4v) is 1.37. The Morgan fingerprint density at radius 3 is 2.69 bits per heavy atom. The van der Waals surface area contributed by atoms with Gasteiger partial charge in [-0.2, -0.15) is 5.10 Å². The van der Waals surface area contributed by atoms with E-state index in [1.807, 2.05) is 6.20 Å². The van der Waals surface area contributed by atoms with Gasteiger partial charge in [0.25, 0.3) is 0 Å². The van der Waals surface area contributed by atoms with Crippen LogP contribution in [0, 0.1) is 0 Å². The van der Waals surface area contributed by atoms with Crippen molar-refractivity contribution < 1.29 is 9.90 Å². The Balaban J connectivity index is 2.58. The average molecular weight is 219 g/mol. The molecule has 1 N–H and O–H groups in total. The molecule has 0 saturated heterocycles. The Bertz CT molecular complexity index is 552. The SMILES string of the molecule is CC(C)(C)c1cnc2cc(C(=O)O)nn2c1. The third-order valence-electron chi connectivity index (χ3n) is 2.40. The molecule has 0 radical (unpaired) electrons. The van der Waals surface area contributed by atoms with E-state index in [2.05, 4.69) is 30.9 Å². The Morgan fingerprint density at radius 1 is 1.44 bits per heavy atom. The molecule has 84 valence electrons. The molecule has 0 saturated carbocycles. The number of carbonyl (C=O) groups is 1. The molecule has 2 aromatic rings. The summed E-state index contributed by atoms with van der Waals surface area (Å²) in [7, 11) is 0. The van der Waals surface area contributed by atoms with Crippen molar-refractivity contribution in [3.8, 4) is 0 Å². The number of fused-ring (bicyclic) bond motifs is 1. The molecule has 0 aromatic carbocycles. The molecule has 0 aliphatic carbocycles. The maximum absolute atomic E-state index is 10.7. The van der Waals surface area contributed by atoms with Crippen LogP contribution in [0.5, 0.6) is 0 Å². The van der Waals surface area contributed by atoms with E-state index in [1.165, 1.54) is 10.6 Å². The van der Waals surface area contributed by atoms with Crippen LogP contribution in [0.25, 0.3) is 5.65 Å². The molecule has 0 atom stereocenters. The molecule has 0 fully saturated rings. The minimum atomic E-state index is -1.04. The lowest BCUT2D eigenvalue weighted by Crippen LogP contribution is -2.12.